The molecule has 70 valence electrons. The van der Waals surface area contributed by atoms with Crippen molar-refractivity contribution in [2.45, 2.75) is 19.4 Å². The summed E-state index contributed by atoms with van der Waals surface area (Å²) in [5, 5.41) is 20.2. The van der Waals surface area contributed by atoms with Crippen molar-refractivity contribution in [3.05, 3.63) is 12.2 Å². The van der Waals surface area contributed by atoms with Gasteiger partial charge in [-0.15, -0.1) is 0 Å². The number of aliphatic hydroxyl groups is 1. The highest BCUT2D eigenvalue weighted by Gasteiger charge is 2.07. The molecular formula is C8H15NO3. The van der Waals surface area contributed by atoms with E-state index in [4.69, 9.17) is 10.2 Å². The third-order valence-electron chi connectivity index (χ3n) is 1.22. The van der Waals surface area contributed by atoms with Crippen molar-refractivity contribution in [3.63, 3.8) is 0 Å². The third kappa shape index (κ3) is 7.24. The van der Waals surface area contributed by atoms with Crippen molar-refractivity contribution in [2.24, 2.45) is 0 Å². The molecule has 1 unspecified atom stereocenters. The Morgan fingerprint density at radius 1 is 1.67 bits per heavy atom. The maximum atomic E-state index is 10.1. The molecule has 0 radical (unpaired) electrons. The summed E-state index contributed by atoms with van der Waals surface area (Å²) in [6, 6.07) is 0. The Morgan fingerprint density at radius 3 is 2.67 bits per heavy atom. The van der Waals surface area contributed by atoms with Crippen molar-refractivity contribution in [2.75, 3.05) is 13.1 Å². The van der Waals surface area contributed by atoms with Crippen molar-refractivity contribution in [1.82, 2.24) is 5.32 Å². The standard InChI is InChI=1S/C8H15NO3/c1-6(2)4-9-5-7(10)3-8(11)12/h7,9-10H,1,3-5H2,2H3,(H,11,12). The summed E-state index contributed by atoms with van der Waals surface area (Å²) >= 11 is 0. The van der Waals surface area contributed by atoms with Crippen molar-refractivity contribution >= 4 is 5.97 Å². The molecule has 3 N–H and O–H groups in total. The lowest BCUT2D eigenvalue weighted by Gasteiger charge is -2.08. The first-order valence-electron chi connectivity index (χ1n) is 3.77. The predicted octanol–water partition coefficient (Wildman–Crippen LogP) is -0.0123. The summed E-state index contributed by atoms with van der Waals surface area (Å²) in [7, 11) is 0. The average molecular weight is 173 g/mol. The Labute approximate surface area is 71.9 Å². The Bertz CT molecular complexity index is 168. The largest absolute Gasteiger partial charge is 0.481 e. The topological polar surface area (TPSA) is 69.6 Å². The molecule has 12 heavy (non-hydrogen) atoms. The van der Waals surface area contributed by atoms with Gasteiger partial charge in [0.15, 0.2) is 0 Å². The van der Waals surface area contributed by atoms with Gasteiger partial charge in [-0.2, -0.15) is 0 Å². The van der Waals surface area contributed by atoms with Crippen molar-refractivity contribution in [3.8, 4) is 0 Å². The van der Waals surface area contributed by atoms with Crippen LogP contribution in [0.1, 0.15) is 13.3 Å². The molecule has 0 aromatic carbocycles. The Balaban J connectivity index is 3.37. The number of hydrogen-bond acceptors (Lipinski definition) is 3. The molecule has 0 rings (SSSR count). The van der Waals surface area contributed by atoms with E-state index in [0.29, 0.717) is 13.1 Å². The number of hydrogen-bond donors (Lipinski definition) is 3. The lowest BCUT2D eigenvalue weighted by Crippen LogP contribution is -2.29. The lowest BCUT2D eigenvalue weighted by molar-refractivity contribution is -0.139. The summed E-state index contributed by atoms with van der Waals surface area (Å²) in [4.78, 5) is 10.1. The molecule has 0 aromatic rings. The van der Waals surface area contributed by atoms with Crippen LogP contribution in [0.2, 0.25) is 0 Å². The van der Waals surface area contributed by atoms with Gasteiger partial charge in [-0.3, -0.25) is 4.79 Å². The van der Waals surface area contributed by atoms with Gasteiger partial charge in [-0.25, -0.2) is 0 Å². The minimum Gasteiger partial charge on any atom is -0.481 e. The number of aliphatic hydroxyl groups excluding tert-OH is 1. The quantitative estimate of drug-likeness (QED) is 0.494. The summed E-state index contributed by atoms with van der Waals surface area (Å²) in [5.74, 6) is -0.986. The normalized spacial score (nSPS) is 12.5. The Hall–Kier alpha value is -0.870. The van der Waals surface area contributed by atoms with Crippen LogP contribution in [-0.4, -0.2) is 35.4 Å². The number of rotatable bonds is 6. The first kappa shape index (κ1) is 11.1. The third-order valence-corrected chi connectivity index (χ3v) is 1.22. The molecule has 0 aliphatic carbocycles. The monoisotopic (exact) mass is 173 g/mol. The van der Waals surface area contributed by atoms with Gasteiger partial charge in [0.2, 0.25) is 0 Å². The average Bonchev–Trinajstić information content (AvgIpc) is 1.84. The molecule has 0 amide bonds. The van der Waals surface area contributed by atoms with Crippen LogP contribution in [0.25, 0.3) is 0 Å². The van der Waals surface area contributed by atoms with Crippen LogP contribution >= 0.6 is 0 Å². The SMILES string of the molecule is C=C(C)CNCC(O)CC(=O)O. The van der Waals surface area contributed by atoms with Gasteiger partial charge < -0.3 is 15.5 Å². The summed E-state index contributed by atoms with van der Waals surface area (Å²) in [6.07, 6.45) is -1.04. The molecule has 1 atom stereocenters. The van der Waals surface area contributed by atoms with E-state index in [1.807, 2.05) is 6.92 Å². The fraction of sp³-hybridized carbons (Fsp3) is 0.625. The van der Waals surface area contributed by atoms with E-state index in [-0.39, 0.29) is 6.42 Å². The first-order chi connectivity index (χ1) is 5.52. The second kappa shape index (κ2) is 5.74. The van der Waals surface area contributed by atoms with Crippen molar-refractivity contribution in [1.29, 1.82) is 0 Å². The van der Waals surface area contributed by atoms with Gasteiger partial charge in [0.25, 0.3) is 0 Å². The number of nitrogens with one attached hydrogen (secondary N) is 1. The van der Waals surface area contributed by atoms with E-state index in [0.717, 1.165) is 5.57 Å². The van der Waals surface area contributed by atoms with Gasteiger partial charge in [-0.1, -0.05) is 12.2 Å². The number of carbonyl (C=O) groups is 1. The maximum absolute atomic E-state index is 10.1. The predicted molar refractivity (Wildman–Crippen MR) is 45.9 cm³/mol. The molecule has 0 aliphatic rings. The molecular weight excluding hydrogens is 158 g/mol. The summed E-state index contributed by atoms with van der Waals surface area (Å²) in [5.41, 5.74) is 0.956. The van der Waals surface area contributed by atoms with E-state index in [1.165, 1.54) is 0 Å². The number of carboxylic acid groups (broad SMARTS) is 1. The molecule has 0 spiro atoms. The smallest absolute Gasteiger partial charge is 0.306 e. The second-order valence-electron chi connectivity index (χ2n) is 2.84. The molecule has 0 aliphatic heterocycles. The molecule has 0 bridgehead atoms. The first-order valence-corrected chi connectivity index (χ1v) is 3.77. The summed E-state index contributed by atoms with van der Waals surface area (Å²) < 4.78 is 0. The minimum absolute atomic E-state index is 0.219. The fourth-order valence-electron chi connectivity index (χ4n) is 0.726. The second-order valence-corrected chi connectivity index (χ2v) is 2.84. The van der Waals surface area contributed by atoms with Crippen LogP contribution in [-0.2, 0) is 4.79 Å². The minimum atomic E-state index is -0.986. The zero-order valence-corrected chi connectivity index (χ0v) is 7.21. The molecule has 0 saturated heterocycles. The van der Waals surface area contributed by atoms with Gasteiger partial charge in [0.1, 0.15) is 0 Å². The Morgan fingerprint density at radius 2 is 2.25 bits per heavy atom. The van der Waals surface area contributed by atoms with Crippen LogP contribution in [0.4, 0.5) is 0 Å². The summed E-state index contributed by atoms with van der Waals surface area (Å²) in [6.45, 7) is 6.41. The van der Waals surface area contributed by atoms with Crippen LogP contribution in [0.5, 0.6) is 0 Å². The van der Waals surface area contributed by atoms with E-state index >= 15 is 0 Å². The number of carboxylic acids is 1. The molecule has 4 nitrogen and oxygen atoms in total. The molecule has 0 heterocycles. The van der Waals surface area contributed by atoms with Gasteiger partial charge in [0.05, 0.1) is 12.5 Å². The maximum Gasteiger partial charge on any atom is 0.306 e. The van der Waals surface area contributed by atoms with E-state index in [2.05, 4.69) is 11.9 Å². The van der Waals surface area contributed by atoms with Crippen LogP contribution in [0, 0.1) is 0 Å². The van der Waals surface area contributed by atoms with Gasteiger partial charge >= 0.3 is 5.97 Å². The molecule has 0 aromatic heterocycles. The molecule has 0 saturated carbocycles. The highest BCUT2D eigenvalue weighted by molar-refractivity contribution is 5.67. The van der Waals surface area contributed by atoms with Crippen molar-refractivity contribution < 1.29 is 15.0 Å². The van der Waals surface area contributed by atoms with Crippen LogP contribution < -0.4 is 5.32 Å². The van der Waals surface area contributed by atoms with Gasteiger partial charge in [-0.05, 0) is 6.92 Å². The molecule has 0 fully saturated rings. The van der Waals surface area contributed by atoms with Gasteiger partial charge in [0, 0.05) is 13.1 Å². The Kier molecular flexibility index (Phi) is 5.32. The van der Waals surface area contributed by atoms with Crippen LogP contribution in [0.3, 0.4) is 0 Å². The van der Waals surface area contributed by atoms with Crippen LogP contribution in [0.15, 0.2) is 12.2 Å². The number of aliphatic carboxylic acids is 1. The van der Waals surface area contributed by atoms with E-state index in [9.17, 15) is 4.79 Å². The highest BCUT2D eigenvalue weighted by atomic mass is 16.4. The molecule has 4 heteroatoms. The van der Waals surface area contributed by atoms with E-state index in [1.54, 1.807) is 0 Å². The lowest BCUT2D eigenvalue weighted by atomic mass is 10.2. The van der Waals surface area contributed by atoms with E-state index < -0.39 is 12.1 Å². The zero-order valence-electron chi connectivity index (χ0n) is 7.21. The zero-order chi connectivity index (χ0) is 9.56. The fourth-order valence-corrected chi connectivity index (χ4v) is 0.726. The highest BCUT2D eigenvalue weighted by Crippen LogP contribution is 1.90.